The van der Waals surface area contributed by atoms with Crippen LogP contribution in [0.5, 0.6) is 5.75 Å². The number of aryl methyl sites for hydroxylation is 1. The molecule has 4 N–H and O–H groups in total. The Balaban J connectivity index is 1.13. The number of aromatic nitrogens is 2. The van der Waals surface area contributed by atoms with E-state index in [-0.39, 0.29) is 43.8 Å². The second kappa shape index (κ2) is 20.8. The molecule has 0 spiro atoms. The molecule has 16 heteroatoms. The number of phenolic OH excluding ortho intramolecular Hbond substituents is 1. The van der Waals surface area contributed by atoms with Gasteiger partial charge in [-0.15, -0.1) is 0 Å². The predicted molar refractivity (Wildman–Crippen MR) is 266 cm³/mol. The molecule has 5 atom stereocenters. The van der Waals surface area contributed by atoms with Crippen molar-refractivity contribution in [2.45, 2.75) is 104 Å². The van der Waals surface area contributed by atoms with Gasteiger partial charge in [0.25, 0.3) is 5.91 Å². The van der Waals surface area contributed by atoms with Crippen LogP contribution in [0.2, 0.25) is 0 Å². The highest BCUT2D eigenvalue weighted by Crippen LogP contribution is 2.41. The number of aromatic hydroxyl groups is 1. The van der Waals surface area contributed by atoms with Gasteiger partial charge < -0.3 is 34.3 Å². The Kier molecular flexibility index (Phi) is 14.8. The van der Waals surface area contributed by atoms with Crippen molar-refractivity contribution in [3.63, 3.8) is 0 Å². The van der Waals surface area contributed by atoms with Crippen LogP contribution in [0.4, 0.5) is 0 Å². The number of hydrazine groups is 1. The van der Waals surface area contributed by atoms with Crippen molar-refractivity contribution in [2.75, 3.05) is 40.9 Å². The lowest BCUT2D eigenvalue weighted by molar-refractivity contribution is -0.155. The molecule has 2 aromatic heterocycles. The average molecular weight is 955 g/mol. The number of likely N-dealkylation sites (N-methyl/N-ethyl adjacent to an activating group) is 2. The Bertz CT molecular complexity index is 2770. The summed E-state index contributed by atoms with van der Waals surface area (Å²) < 4.78 is 14.0. The van der Waals surface area contributed by atoms with Crippen LogP contribution < -0.4 is 16.1 Å². The van der Waals surface area contributed by atoms with E-state index in [1.807, 2.05) is 68.6 Å². The van der Waals surface area contributed by atoms with Crippen molar-refractivity contribution in [1.82, 2.24) is 40.4 Å². The Hall–Kier alpha value is -6.62. The van der Waals surface area contributed by atoms with E-state index >= 15 is 0 Å². The van der Waals surface area contributed by atoms with Crippen molar-refractivity contribution >= 4 is 40.5 Å². The molecule has 6 bridgehead atoms. The van der Waals surface area contributed by atoms with Gasteiger partial charge in [0.2, 0.25) is 17.7 Å². The second-order valence-corrected chi connectivity index (χ2v) is 20.1. The van der Waals surface area contributed by atoms with E-state index in [0.29, 0.717) is 43.5 Å². The minimum Gasteiger partial charge on any atom is -0.508 e. The molecule has 0 saturated carbocycles. The molecule has 0 radical (unpaired) electrons. The normalized spacial score (nSPS) is 20.6. The number of fused-ring (bicyclic) bond motifs is 6. The summed E-state index contributed by atoms with van der Waals surface area (Å²) in [6.07, 6.45) is 5.07. The highest BCUT2D eigenvalue weighted by Gasteiger charge is 2.45. The van der Waals surface area contributed by atoms with Crippen LogP contribution in [0.25, 0.3) is 33.3 Å². The number of carbonyl (C=O) groups is 5. The highest BCUT2D eigenvalue weighted by atomic mass is 16.5. The first-order valence-electron chi connectivity index (χ1n) is 24.2. The zero-order valence-corrected chi connectivity index (χ0v) is 41.5. The van der Waals surface area contributed by atoms with Crippen molar-refractivity contribution in [3.05, 3.63) is 107 Å². The number of rotatable bonds is 12. The molecule has 70 heavy (non-hydrogen) atoms. The third-order valence-corrected chi connectivity index (χ3v) is 13.8. The van der Waals surface area contributed by atoms with Gasteiger partial charge in [0.15, 0.2) is 0 Å². The molecule has 2 fully saturated rings. The number of carbonyl (C=O) groups excluding carboxylic acids is 5. The quantitative estimate of drug-likeness (QED) is 0.0905. The molecular weight excluding hydrogens is 889 g/mol. The van der Waals surface area contributed by atoms with Crippen LogP contribution in [0.1, 0.15) is 75.8 Å². The van der Waals surface area contributed by atoms with Crippen LogP contribution >= 0.6 is 0 Å². The number of methoxy groups -OCH3 is 1. The number of hydrogen-bond acceptors (Lipinski definition) is 11. The molecule has 8 rings (SSSR count). The summed E-state index contributed by atoms with van der Waals surface area (Å²) in [6, 6.07) is 19.3. The maximum absolute atomic E-state index is 14.8. The molecule has 2 saturated heterocycles. The standard InChI is InChI=1S/C54H66N8O8/c1-9-61-44-18-17-35-26-39(44)40(49(61)41-28-55-20-19-36(41)30-69-8)27-54(4,5)31-70-53(68)42-16-13-21-62(58-42)51(66)43(24-33-22-37(35)25-38(63)23-33)56-50(65)48(32(2)3)60(7)45(64)29-59(6)52(67)47-46(57-47)34-14-11-10-12-15-34/h10-12,14-15,17-20,22-23,25-26,28,32,42-43,46-48,57-58,63H,9,13,16,21,24,27,29-31H2,1-8H3,(H,56,65)/t42-,43-,46-,47+,48?/m0/s1. The SMILES string of the molecule is CCn1c(-c2cnccc2COC)c2c3cc(ccc31)-c1cc(O)cc(c1)C[C@H](NC(=O)C(C(C)C)N(C)C(=O)CN(C)C(=O)[C@@H]1N[C@H]1c1ccccc1)C(=O)N1CCC[C@H](N1)C(=O)OCC(C)(C)C2. The molecule has 5 aromatic rings. The summed E-state index contributed by atoms with van der Waals surface area (Å²) in [6.45, 7) is 11.0. The van der Waals surface area contributed by atoms with Gasteiger partial charge in [-0.2, -0.15) is 0 Å². The molecule has 5 heterocycles. The third-order valence-electron chi connectivity index (χ3n) is 13.8. The van der Waals surface area contributed by atoms with E-state index in [9.17, 15) is 29.1 Å². The Morgan fingerprint density at radius 2 is 1.80 bits per heavy atom. The topological polar surface area (TPSA) is 198 Å². The molecule has 1 unspecified atom stereocenters. The zero-order valence-electron chi connectivity index (χ0n) is 41.5. The molecule has 16 nitrogen and oxygen atoms in total. The Morgan fingerprint density at radius 3 is 2.53 bits per heavy atom. The van der Waals surface area contributed by atoms with Crippen LogP contribution in [-0.4, -0.2) is 124 Å². The molecule has 3 aliphatic rings. The fourth-order valence-corrected chi connectivity index (χ4v) is 10.2. The van der Waals surface area contributed by atoms with Crippen molar-refractivity contribution < 1.29 is 38.6 Å². The number of nitrogens with zero attached hydrogens (tertiary/aromatic N) is 5. The number of phenols is 1. The van der Waals surface area contributed by atoms with Gasteiger partial charge in [-0.05, 0) is 95.8 Å². The maximum atomic E-state index is 14.8. The van der Waals surface area contributed by atoms with E-state index in [0.717, 1.165) is 44.4 Å². The average Bonchev–Trinajstić information content (AvgIpc) is 4.09. The van der Waals surface area contributed by atoms with Gasteiger partial charge in [-0.1, -0.05) is 70.2 Å². The number of benzene rings is 3. The van der Waals surface area contributed by atoms with Crippen molar-refractivity contribution in [2.24, 2.45) is 11.3 Å². The first-order chi connectivity index (χ1) is 33.5. The van der Waals surface area contributed by atoms with E-state index in [1.165, 1.54) is 21.9 Å². The fourth-order valence-electron chi connectivity index (χ4n) is 10.2. The number of ether oxygens (including phenoxy) is 2. The van der Waals surface area contributed by atoms with Gasteiger partial charge in [0.1, 0.15) is 29.9 Å². The Morgan fingerprint density at radius 1 is 1.03 bits per heavy atom. The second-order valence-electron chi connectivity index (χ2n) is 20.1. The minimum atomic E-state index is -1.19. The number of amides is 4. The van der Waals surface area contributed by atoms with Crippen molar-refractivity contribution in [3.8, 4) is 28.1 Å². The van der Waals surface area contributed by atoms with Crippen LogP contribution in [0.3, 0.4) is 0 Å². The Labute approximate surface area is 409 Å². The maximum Gasteiger partial charge on any atom is 0.324 e. The highest BCUT2D eigenvalue weighted by molar-refractivity contribution is 5.96. The predicted octanol–water partition coefficient (Wildman–Crippen LogP) is 5.55. The molecule has 3 aliphatic heterocycles. The molecule has 0 aliphatic carbocycles. The molecule has 4 amide bonds. The minimum absolute atomic E-state index is 0.0216. The smallest absolute Gasteiger partial charge is 0.324 e. The largest absolute Gasteiger partial charge is 0.508 e. The fraction of sp³-hybridized carbons (Fsp3) is 0.444. The lowest BCUT2D eigenvalue weighted by atomic mass is 9.84. The van der Waals surface area contributed by atoms with Crippen LogP contribution in [-0.2, 0) is 59.4 Å². The number of cyclic esters (lactones) is 1. The lowest BCUT2D eigenvalue weighted by Gasteiger charge is -2.37. The zero-order chi connectivity index (χ0) is 50.0. The van der Waals surface area contributed by atoms with Gasteiger partial charge >= 0.3 is 5.97 Å². The number of esters is 1. The van der Waals surface area contributed by atoms with Gasteiger partial charge in [-0.3, -0.25) is 39.3 Å². The lowest BCUT2D eigenvalue weighted by Crippen LogP contribution is -2.62. The number of pyridine rings is 1. The monoisotopic (exact) mass is 955 g/mol. The summed E-state index contributed by atoms with van der Waals surface area (Å²) in [5, 5.41) is 19.9. The van der Waals surface area contributed by atoms with E-state index in [2.05, 4.69) is 58.5 Å². The van der Waals surface area contributed by atoms with Crippen molar-refractivity contribution in [1.29, 1.82) is 0 Å². The first kappa shape index (κ1) is 49.8. The van der Waals surface area contributed by atoms with E-state index in [1.54, 1.807) is 32.5 Å². The van der Waals surface area contributed by atoms with Gasteiger partial charge in [0.05, 0.1) is 31.5 Å². The summed E-state index contributed by atoms with van der Waals surface area (Å²) >= 11 is 0. The number of hydrogen-bond donors (Lipinski definition) is 4. The van der Waals surface area contributed by atoms with Gasteiger partial charge in [0, 0.05) is 75.0 Å². The van der Waals surface area contributed by atoms with E-state index in [4.69, 9.17) is 9.47 Å². The third kappa shape index (κ3) is 10.6. The molecule has 3 aromatic carbocycles. The number of nitrogens with one attached hydrogen (secondary N) is 3. The summed E-state index contributed by atoms with van der Waals surface area (Å²) in [5.74, 6) is -2.66. The first-order valence-corrected chi connectivity index (χ1v) is 24.2. The molecule has 370 valence electrons. The van der Waals surface area contributed by atoms with Crippen LogP contribution in [0, 0.1) is 11.3 Å². The summed E-state index contributed by atoms with van der Waals surface area (Å²) in [7, 11) is 4.76. The van der Waals surface area contributed by atoms with Gasteiger partial charge in [-0.25, -0.2) is 5.43 Å². The van der Waals surface area contributed by atoms with E-state index < -0.39 is 59.2 Å². The summed E-state index contributed by atoms with van der Waals surface area (Å²) in [5.41, 5.74) is 10.6. The summed E-state index contributed by atoms with van der Waals surface area (Å²) in [4.78, 5) is 77.8. The van der Waals surface area contributed by atoms with Crippen LogP contribution in [0.15, 0.2) is 85.2 Å². The molecular formula is C54H66N8O8.